The van der Waals surface area contributed by atoms with Crippen LogP contribution < -0.4 is 5.73 Å². The molecule has 2 N–H and O–H groups in total. The van der Waals surface area contributed by atoms with Crippen molar-refractivity contribution in [1.82, 2.24) is 15.0 Å². The molecular weight excluding hydrogens is 268 g/mol. The summed E-state index contributed by atoms with van der Waals surface area (Å²) in [6, 6.07) is 6.85. The van der Waals surface area contributed by atoms with Gasteiger partial charge in [0.25, 0.3) is 0 Å². The normalized spacial score (nSPS) is 10.7. The third-order valence-corrected chi connectivity index (χ3v) is 2.56. The molecule has 1 heterocycles. The van der Waals surface area contributed by atoms with E-state index in [1.165, 1.54) is 4.68 Å². The van der Waals surface area contributed by atoms with Crippen LogP contribution in [0.2, 0.25) is 5.02 Å². The average Bonchev–Trinajstić information content (AvgIpc) is 2.71. The molecule has 0 atom stereocenters. The Hall–Kier alpha value is -2.08. The predicted molar refractivity (Wildman–Crippen MR) is 71.3 cm³/mol. The van der Waals surface area contributed by atoms with E-state index in [4.69, 9.17) is 22.1 Å². The number of aromatic nitrogens is 3. The minimum absolute atomic E-state index is 0.00338. The Labute approximate surface area is 115 Å². The molecule has 0 aliphatic heterocycles. The summed E-state index contributed by atoms with van der Waals surface area (Å²) in [5, 5.41) is 8.19. The van der Waals surface area contributed by atoms with Gasteiger partial charge in [-0.2, -0.15) is 4.68 Å². The molecule has 100 valence electrons. The molecule has 0 spiro atoms. The zero-order valence-corrected chi connectivity index (χ0v) is 11.3. The van der Waals surface area contributed by atoms with Crippen LogP contribution in [0.5, 0.6) is 0 Å². The molecule has 0 saturated carbocycles. The lowest BCUT2D eigenvalue weighted by atomic mass is 10.3. The Kier molecular flexibility index (Phi) is 3.71. The molecule has 2 rings (SSSR count). The number of hydrogen-bond donors (Lipinski definition) is 1. The molecule has 1 aromatic carbocycles. The molecule has 2 aromatic rings. The van der Waals surface area contributed by atoms with Gasteiger partial charge in [-0.05, 0) is 38.1 Å². The minimum Gasteiger partial charge on any atom is -0.458 e. The van der Waals surface area contributed by atoms with Gasteiger partial charge >= 0.3 is 5.97 Å². The van der Waals surface area contributed by atoms with Crippen molar-refractivity contribution < 1.29 is 9.53 Å². The fraction of sp³-hybridized carbons (Fsp3) is 0.250. The smallest absolute Gasteiger partial charge is 0.363 e. The first-order valence-corrected chi connectivity index (χ1v) is 6.05. The average molecular weight is 281 g/mol. The number of nitrogen functional groups attached to an aromatic ring is 1. The van der Waals surface area contributed by atoms with Gasteiger partial charge in [0, 0.05) is 5.02 Å². The summed E-state index contributed by atoms with van der Waals surface area (Å²) >= 11 is 5.80. The predicted octanol–water partition coefficient (Wildman–Crippen LogP) is 2.07. The van der Waals surface area contributed by atoms with Gasteiger partial charge in [-0.25, -0.2) is 4.79 Å². The highest BCUT2D eigenvalue weighted by molar-refractivity contribution is 6.30. The number of anilines is 1. The van der Waals surface area contributed by atoms with Gasteiger partial charge in [-0.1, -0.05) is 16.8 Å². The Balaban J connectivity index is 2.32. The third-order valence-electron chi connectivity index (χ3n) is 2.31. The summed E-state index contributed by atoms with van der Waals surface area (Å²) in [6.45, 7) is 3.50. The van der Waals surface area contributed by atoms with Gasteiger partial charge in [0.2, 0.25) is 5.69 Å². The van der Waals surface area contributed by atoms with E-state index >= 15 is 0 Å². The topological polar surface area (TPSA) is 83.0 Å². The van der Waals surface area contributed by atoms with Crippen molar-refractivity contribution >= 4 is 23.4 Å². The number of rotatable bonds is 3. The molecular formula is C12H13ClN4O2. The number of hydrogen-bond acceptors (Lipinski definition) is 5. The molecule has 0 amide bonds. The summed E-state index contributed by atoms with van der Waals surface area (Å²) in [7, 11) is 0. The van der Waals surface area contributed by atoms with Crippen molar-refractivity contribution in [2.75, 3.05) is 5.73 Å². The summed E-state index contributed by atoms with van der Waals surface area (Å²) in [5.74, 6) is -0.458. The second-order valence-corrected chi connectivity index (χ2v) is 4.60. The van der Waals surface area contributed by atoms with Gasteiger partial charge in [-0.15, -0.1) is 5.10 Å². The Morgan fingerprint density at radius 3 is 2.58 bits per heavy atom. The highest BCUT2D eigenvalue weighted by atomic mass is 35.5. The second-order valence-electron chi connectivity index (χ2n) is 4.17. The van der Waals surface area contributed by atoms with Gasteiger partial charge in [0.1, 0.15) is 0 Å². The van der Waals surface area contributed by atoms with Crippen LogP contribution in [0.4, 0.5) is 5.82 Å². The summed E-state index contributed by atoms with van der Waals surface area (Å²) < 4.78 is 6.38. The summed E-state index contributed by atoms with van der Waals surface area (Å²) in [5.41, 5.74) is 6.52. The van der Waals surface area contributed by atoms with Crippen LogP contribution in [-0.4, -0.2) is 27.1 Å². The standard InChI is InChI=1S/C12H13ClN4O2/c1-7(2)19-12(18)10-11(14)17(16-15-10)9-5-3-8(13)4-6-9/h3-7H,14H2,1-2H3. The van der Waals surface area contributed by atoms with E-state index in [-0.39, 0.29) is 17.6 Å². The van der Waals surface area contributed by atoms with E-state index < -0.39 is 5.97 Å². The maximum atomic E-state index is 11.7. The Morgan fingerprint density at radius 1 is 1.37 bits per heavy atom. The van der Waals surface area contributed by atoms with E-state index in [0.29, 0.717) is 10.7 Å². The first kappa shape index (κ1) is 13.4. The lowest BCUT2D eigenvalue weighted by Gasteiger charge is -2.06. The highest BCUT2D eigenvalue weighted by Gasteiger charge is 2.20. The number of esters is 1. The zero-order valence-electron chi connectivity index (χ0n) is 10.5. The first-order valence-electron chi connectivity index (χ1n) is 5.67. The Morgan fingerprint density at radius 2 is 2.00 bits per heavy atom. The number of ether oxygens (including phenoxy) is 1. The summed E-state index contributed by atoms with van der Waals surface area (Å²) in [4.78, 5) is 11.7. The van der Waals surface area contributed by atoms with Crippen LogP contribution in [0.1, 0.15) is 24.3 Å². The van der Waals surface area contributed by atoms with E-state index in [9.17, 15) is 4.79 Å². The van der Waals surface area contributed by atoms with Gasteiger partial charge < -0.3 is 10.5 Å². The lowest BCUT2D eigenvalue weighted by molar-refractivity contribution is 0.0372. The molecule has 7 heteroatoms. The maximum Gasteiger partial charge on any atom is 0.363 e. The van der Waals surface area contributed by atoms with Crippen LogP contribution in [0, 0.1) is 0 Å². The molecule has 0 radical (unpaired) electrons. The van der Waals surface area contributed by atoms with Crippen LogP contribution in [-0.2, 0) is 4.74 Å². The monoisotopic (exact) mass is 280 g/mol. The van der Waals surface area contributed by atoms with Crippen LogP contribution in [0.15, 0.2) is 24.3 Å². The Bertz CT molecular complexity index is 592. The van der Waals surface area contributed by atoms with Crippen molar-refractivity contribution in [3.63, 3.8) is 0 Å². The number of nitrogens with zero attached hydrogens (tertiary/aromatic N) is 3. The van der Waals surface area contributed by atoms with Crippen LogP contribution in [0.25, 0.3) is 5.69 Å². The van der Waals surface area contributed by atoms with E-state index in [1.807, 2.05) is 0 Å². The third kappa shape index (κ3) is 2.85. The minimum atomic E-state index is -0.590. The van der Waals surface area contributed by atoms with E-state index in [0.717, 1.165) is 0 Å². The highest BCUT2D eigenvalue weighted by Crippen LogP contribution is 2.18. The number of halogens is 1. The first-order chi connectivity index (χ1) is 8.99. The molecule has 0 aliphatic rings. The van der Waals surface area contributed by atoms with Crippen LogP contribution >= 0.6 is 11.6 Å². The summed E-state index contributed by atoms with van der Waals surface area (Å²) in [6.07, 6.45) is -0.243. The molecule has 0 unspecified atom stereocenters. The van der Waals surface area contributed by atoms with Gasteiger partial charge in [0.15, 0.2) is 5.82 Å². The van der Waals surface area contributed by atoms with Crippen LogP contribution in [0.3, 0.4) is 0 Å². The van der Waals surface area contributed by atoms with E-state index in [1.54, 1.807) is 38.1 Å². The van der Waals surface area contributed by atoms with Crippen molar-refractivity contribution in [3.05, 3.63) is 35.0 Å². The van der Waals surface area contributed by atoms with Crippen molar-refractivity contribution in [3.8, 4) is 5.69 Å². The molecule has 0 aliphatic carbocycles. The zero-order chi connectivity index (χ0) is 14.0. The molecule has 6 nitrogen and oxygen atoms in total. The molecule has 1 aromatic heterocycles. The maximum absolute atomic E-state index is 11.7. The molecule has 0 bridgehead atoms. The largest absolute Gasteiger partial charge is 0.458 e. The van der Waals surface area contributed by atoms with Gasteiger partial charge in [-0.3, -0.25) is 0 Å². The van der Waals surface area contributed by atoms with Gasteiger partial charge in [0.05, 0.1) is 11.8 Å². The number of carbonyl (C=O) groups excluding carboxylic acids is 1. The quantitative estimate of drug-likeness (QED) is 0.870. The number of benzene rings is 1. The van der Waals surface area contributed by atoms with Crippen molar-refractivity contribution in [2.24, 2.45) is 0 Å². The SMILES string of the molecule is CC(C)OC(=O)c1nnn(-c2ccc(Cl)cc2)c1N. The molecule has 19 heavy (non-hydrogen) atoms. The van der Waals surface area contributed by atoms with Crippen molar-refractivity contribution in [1.29, 1.82) is 0 Å². The fourth-order valence-electron chi connectivity index (χ4n) is 1.48. The molecule has 0 saturated heterocycles. The number of nitrogens with two attached hydrogens (primary N) is 1. The lowest BCUT2D eigenvalue weighted by Crippen LogP contribution is -2.14. The molecule has 0 fully saturated rings. The second kappa shape index (κ2) is 5.27. The van der Waals surface area contributed by atoms with E-state index in [2.05, 4.69) is 10.3 Å². The number of carbonyl (C=O) groups is 1. The van der Waals surface area contributed by atoms with Crippen molar-refractivity contribution in [2.45, 2.75) is 20.0 Å². The fourth-order valence-corrected chi connectivity index (χ4v) is 1.60.